The van der Waals surface area contributed by atoms with E-state index in [0.29, 0.717) is 13.0 Å². The van der Waals surface area contributed by atoms with Crippen LogP contribution in [0.1, 0.15) is 62.7 Å². The largest absolute Gasteiger partial charge is 0.464 e. The van der Waals surface area contributed by atoms with Crippen LogP contribution < -0.4 is 10.7 Å². The Morgan fingerprint density at radius 2 is 1.94 bits per heavy atom. The second-order valence-corrected chi connectivity index (χ2v) is 9.13. The number of aromatic nitrogens is 1. The highest BCUT2D eigenvalue weighted by molar-refractivity contribution is 6.06. The molecule has 0 fully saturated rings. The van der Waals surface area contributed by atoms with E-state index in [0.717, 1.165) is 68.8 Å². The van der Waals surface area contributed by atoms with Crippen LogP contribution in [0.5, 0.6) is 0 Å². The van der Waals surface area contributed by atoms with Gasteiger partial charge in [-0.05, 0) is 56.9 Å². The Balaban J connectivity index is 1.30. The van der Waals surface area contributed by atoms with Gasteiger partial charge in [-0.15, -0.1) is 0 Å². The van der Waals surface area contributed by atoms with Crippen molar-refractivity contribution in [1.29, 1.82) is 0 Å². The van der Waals surface area contributed by atoms with Gasteiger partial charge in [-0.1, -0.05) is 18.2 Å². The number of rotatable bonds is 6. The lowest BCUT2D eigenvalue weighted by atomic mass is 9.93. The summed E-state index contributed by atoms with van der Waals surface area (Å²) in [6.45, 7) is 6.20. The van der Waals surface area contributed by atoms with E-state index >= 15 is 0 Å². The lowest BCUT2D eigenvalue weighted by molar-refractivity contribution is -0.120. The summed E-state index contributed by atoms with van der Waals surface area (Å²) in [6, 6.07) is 9.57. The van der Waals surface area contributed by atoms with Gasteiger partial charge in [0.2, 0.25) is 5.91 Å². The third-order valence-electron chi connectivity index (χ3n) is 6.70. The molecule has 2 amide bonds. The molecule has 2 N–H and O–H groups in total. The summed E-state index contributed by atoms with van der Waals surface area (Å²) in [7, 11) is 0. The first-order chi connectivity index (χ1) is 17.4. The Labute approximate surface area is 208 Å². The van der Waals surface area contributed by atoms with Gasteiger partial charge in [0.15, 0.2) is 5.76 Å². The maximum absolute atomic E-state index is 12.8. The number of hydrogen-bond acceptors (Lipinski definition) is 6. The second-order valence-electron chi connectivity index (χ2n) is 9.13. The summed E-state index contributed by atoms with van der Waals surface area (Å²) in [4.78, 5) is 29.8. The number of amides is 2. The van der Waals surface area contributed by atoms with E-state index in [4.69, 9.17) is 8.83 Å². The van der Waals surface area contributed by atoms with Gasteiger partial charge in [-0.2, -0.15) is 5.10 Å². The van der Waals surface area contributed by atoms with Gasteiger partial charge in [-0.25, -0.2) is 5.43 Å². The van der Waals surface area contributed by atoms with Crippen LogP contribution in [0.3, 0.4) is 0 Å². The van der Waals surface area contributed by atoms with E-state index in [1.165, 1.54) is 0 Å². The predicted octanol–water partition coefficient (Wildman–Crippen LogP) is 4.68. The molecule has 0 aliphatic heterocycles. The summed E-state index contributed by atoms with van der Waals surface area (Å²) in [6.07, 6.45) is 5.72. The number of hydrazone groups is 1. The maximum atomic E-state index is 12.8. The predicted molar refractivity (Wildman–Crippen MR) is 136 cm³/mol. The number of furan rings is 2. The highest BCUT2D eigenvalue weighted by Crippen LogP contribution is 2.30. The molecule has 3 aromatic heterocycles. The highest BCUT2D eigenvalue weighted by atomic mass is 16.4. The summed E-state index contributed by atoms with van der Waals surface area (Å²) in [5.41, 5.74) is 9.56. The molecule has 8 heteroatoms. The Hall–Kier alpha value is -4.20. The summed E-state index contributed by atoms with van der Waals surface area (Å²) in [5, 5.41) is 8.23. The summed E-state index contributed by atoms with van der Waals surface area (Å²) < 4.78 is 11.7. The van der Waals surface area contributed by atoms with Crippen molar-refractivity contribution in [1.82, 2.24) is 15.7 Å². The number of pyridine rings is 1. The first-order valence-corrected chi connectivity index (χ1v) is 12.0. The number of hydrogen-bond donors (Lipinski definition) is 2. The molecule has 0 radical (unpaired) electrons. The number of nitrogens with one attached hydrogen (secondary N) is 2. The highest BCUT2D eigenvalue weighted by Gasteiger charge is 2.28. The molecule has 36 heavy (non-hydrogen) atoms. The van der Waals surface area contributed by atoms with E-state index in [1.54, 1.807) is 12.5 Å². The molecular weight excluding hydrogens is 456 g/mol. The molecule has 0 saturated carbocycles. The van der Waals surface area contributed by atoms with Gasteiger partial charge in [0.25, 0.3) is 5.91 Å². The van der Waals surface area contributed by atoms with Crippen LogP contribution in [-0.4, -0.2) is 22.5 Å². The van der Waals surface area contributed by atoms with Gasteiger partial charge in [0, 0.05) is 34.7 Å². The fourth-order valence-corrected chi connectivity index (χ4v) is 4.62. The van der Waals surface area contributed by atoms with Gasteiger partial charge < -0.3 is 14.2 Å². The van der Waals surface area contributed by atoms with Crippen LogP contribution >= 0.6 is 0 Å². The molecule has 5 rings (SSSR count). The van der Waals surface area contributed by atoms with E-state index < -0.39 is 0 Å². The molecule has 8 nitrogen and oxygen atoms in total. The van der Waals surface area contributed by atoms with Crippen LogP contribution in [0.2, 0.25) is 0 Å². The number of aryl methyl sites for hydroxylation is 3. The maximum Gasteiger partial charge on any atom is 0.287 e. The molecular formula is C28H28N4O4. The second kappa shape index (κ2) is 9.81. The Bertz CT molecular complexity index is 1480. The number of nitrogens with zero attached hydrogens (tertiary/aromatic N) is 2. The Morgan fingerprint density at radius 3 is 2.75 bits per heavy atom. The first kappa shape index (κ1) is 23.5. The van der Waals surface area contributed by atoms with Gasteiger partial charge in [0.1, 0.15) is 11.3 Å². The molecule has 3 heterocycles. The summed E-state index contributed by atoms with van der Waals surface area (Å²) in [5.74, 6) is 0.465. The number of carbonyl (C=O) groups excluding carboxylic acids is 2. The van der Waals surface area contributed by atoms with E-state index in [2.05, 4.69) is 20.8 Å². The SMILES string of the molecule is Cc1ccc2c(CC(=O)N/N=C3\CCCc4oc(C(=O)NCc5ccccn5)c(C)c43)coc2c1C. The molecule has 0 bridgehead atoms. The third kappa shape index (κ3) is 4.54. The fourth-order valence-electron chi connectivity index (χ4n) is 4.62. The lowest BCUT2D eigenvalue weighted by Crippen LogP contribution is -2.24. The zero-order valence-corrected chi connectivity index (χ0v) is 20.6. The molecule has 184 valence electrons. The van der Waals surface area contributed by atoms with Crippen molar-refractivity contribution in [2.45, 2.75) is 53.0 Å². The van der Waals surface area contributed by atoms with Gasteiger partial charge in [0.05, 0.1) is 30.6 Å². The molecule has 1 aromatic carbocycles. The zero-order valence-electron chi connectivity index (χ0n) is 20.6. The normalized spacial score (nSPS) is 14.1. The van der Waals surface area contributed by atoms with Crippen molar-refractivity contribution in [3.05, 3.63) is 87.8 Å². The Kier molecular flexibility index (Phi) is 6.41. The molecule has 1 aliphatic carbocycles. The van der Waals surface area contributed by atoms with Crippen LogP contribution in [0, 0.1) is 20.8 Å². The van der Waals surface area contributed by atoms with E-state index in [1.807, 2.05) is 51.1 Å². The average molecular weight is 485 g/mol. The van der Waals surface area contributed by atoms with Crippen molar-refractivity contribution in [3.8, 4) is 0 Å². The molecule has 1 aliphatic rings. The minimum atomic E-state index is -0.298. The first-order valence-electron chi connectivity index (χ1n) is 12.0. The molecule has 4 aromatic rings. The number of fused-ring (bicyclic) bond motifs is 2. The topological polar surface area (TPSA) is 110 Å². The van der Waals surface area contributed by atoms with Crippen molar-refractivity contribution < 1.29 is 18.4 Å². The van der Waals surface area contributed by atoms with Crippen molar-refractivity contribution in [2.75, 3.05) is 0 Å². The monoisotopic (exact) mass is 484 g/mol. The third-order valence-corrected chi connectivity index (χ3v) is 6.70. The number of carbonyl (C=O) groups is 2. The average Bonchev–Trinajstić information content (AvgIpc) is 3.45. The van der Waals surface area contributed by atoms with Crippen LogP contribution in [0.4, 0.5) is 0 Å². The van der Waals surface area contributed by atoms with E-state index in [9.17, 15) is 9.59 Å². The number of benzene rings is 1. The van der Waals surface area contributed by atoms with Gasteiger partial charge in [-0.3, -0.25) is 14.6 Å². The molecule has 0 unspecified atom stereocenters. The molecule has 0 spiro atoms. The van der Waals surface area contributed by atoms with Crippen LogP contribution in [-0.2, 0) is 24.2 Å². The minimum absolute atomic E-state index is 0.157. The zero-order chi connectivity index (χ0) is 25.2. The van der Waals surface area contributed by atoms with Gasteiger partial charge >= 0.3 is 0 Å². The van der Waals surface area contributed by atoms with Crippen LogP contribution in [0.25, 0.3) is 11.0 Å². The smallest absolute Gasteiger partial charge is 0.287 e. The van der Waals surface area contributed by atoms with Crippen molar-refractivity contribution in [3.63, 3.8) is 0 Å². The standard InChI is InChI=1S/C28H28N4O4/c1-16-10-11-21-19(15-35-26(21)17(16)2)13-24(33)32-31-22-8-6-9-23-25(22)18(3)27(36-23)28(34)30-14-20-7-4-5-12-29-20/h4-5,7,10-12,15H,6,8-9,13-14H2,1-3H3,(H,30,34)(H,32,33)/b31-22+. The minimum Gasteiger partial charge on any atom is -0.464 e. The van der Waals surface area contributed by atoms with Crippen molar-refractivity contribution >= 4 is 28.5 Å². The van der Waals surface area contributed by atoms with E-state index in [-0.39, 0.29) is 24.0 Å². The quantitative estimate of drug-likeness (QED) is 0.386. The van der Waals surface area contributed by atoms with Crippen LogP contribution in [0.15, 0.2) is 56.7 Å². The van der Waals surface area contributed by atoms with Crippen molar-refractivity contribution in [2.24, 2.45) is 5.10 Å². The molecule has 0 atom stereocenters. The Morgan fingerprint density at radius 1 is 1.08 bits per heavy atom. The summed E-state index contributed by atoms with van der Waals surface area (Å²) >= 11 is 0. The molecule has 0 saturated heterocycles. The fraction of sp³-hybridized carbons (Fsp3) is 0.286. The lowest BCUT2D eigenvalue weighted by Gasteiger charge is -2.13.